The van der Waals surface area contributed by atoms with Crippen LogP contribution in [0.4, 0.5) is 0 Å². The Morgan fingerprint density at radius 2 is 1.25 bits per heavy atom. The third-order valence-electron chi connectivity index (χ3n) is 7.43. The second-order valence-corrected chi connectivity index (χ2v) is 10.3. The number of ether oxygens (including phenoxy) is 1. The van der Waals surface area contributed by atoms with E-state index in [-0.39, 0.29) is 6.15 Å². The molecule has 0 unspecified atom stereocenters. The van der Waals surface area contributed by atoms with E-state index in [4.69, 9.17) is 4.74 Å². The maximum absolute atomic E-state index is 12.1. The Morgan fingerprint density at radius 1 is 0.722 bits per heavy atom. The molecule has 0 saturated heterocycles. The van der Waals surface area contributed by atoms with Crippen LogP contribution in [-0.2, 0) is 12.8 Å². The van der Waals surface area contributed by atoms with Crippen molar-refractivity contribution in [3.63, 3.8) is 0 Å². The lowest BCUT2D eigenvalue weighted by Crippen LogP contribution is -2.12. The molecular weight excluding hydrogens is 446 g/mol. The van der Waals surface area contributed by atoms with Gasteiger partial charge in [-0.05, 0) is 36.1 Å². The summed E-state index contributed by atoms with van der Waals surface area (Å²) in [5, 5.41) is 9.95. The third kappa shape index (κ3) is 9.61. The predicted octanol–water partition coefficient (Wildman–Crippen LogP) is 10.0. The van der Waals surface area contributed by atoms with Gasteiger partial charge in [0.1, 0.15) is 11.5 Å². The Morgan fingerprint density at radius 3 is 1.81 bits per heavy atom. The molecular formula is C32H49NO3. The summed E-state index contributed by atoms with van der Waals surface area (Å²) >= 11 is 0. The van der Waals surface area contributed by atoms with E-state index in [1.165, 1.54) is 96.3 Å². The van der Waals surface area contributed by atoms with Gasteiger partial charge < -0.3 is 16.0 Å². The van der Waals surface area contributed by atoms with E-state index >= 15 is 0 Å². The molecule has 1 aliphatic rings. The Hall–Kier alpha value is -2.33. The maximum atomic E-state index is 12.1. The number of aryl methyl sites for hydroxylation is 1. The average molecular weight is 496 g/mol. The van der Waals surface area contributed by atoms with Crippen molar-refractivity contribution in [3.8, 4) is 11.5 Å². The van der Waals surface area contributed by atoms with Crippen LogP contribution in [-0.4, -0.2) is 11.1 Å². The lowest BCUT2D eigenvalue weighted by molar-refractivity contribution is 0.0694. The van der Waals surface area contributed by atoms with E-state index in [9.17, 15) is 9.90 Å². The van der Waals surface area contributed by atoms with E-state index in [0.29, 0.717) is 17.7 Å². The summed E-state index contributed by atoms with van der Waals surface area (Å²) in [6, 6.07) is 11.8. The van der Waals surface area contributed by atoms with Crippen LogP contribution in [0.2, 0.25) is 0 Å². The lowest BCUT2D eigenvalue weighted by Gasteiger charge is -2.23. The topological polar surface area (TPSA) is 81.5 Å². The van der Waals surface area contributed by atoms with Gasteiger partial charge in [0.25, 0.3) is 0 Å². The minimum absolute atomic E-state index is 0. The summed E-state index contributed by atoms with van der Waals surface area (Å²) in [6.07, 6.45) is 23.0. The molecule has 0 spiro atoms. The number of carboxylic acid groups (broad SMARTS) is 1. The van der Waals surface area contributed by atoms with Crippen molar-refractivity contribution in [2.24, 2.45) is 0 Å². The van der Waals surface area contributed by atoms with Gasteiger partial charge in [-0.2, -0.15) is 0 Å². The first kappa shape index (κ1) is 29.9. The van der Waals surface area contributed by atoms with Crippen molar-refractivity contribution in [3.05, 3.63) is 58.7 Å². The molecule has 36 heavy (non-hydrogen) atoms. The monoisotopic (exact) mass is 495 g/mol. The smallest absolute Gasteiger partial charge is 0.336 e. The van der Waals surface area contributed by atoms with Crippen molar-refractivity contribution in [2.75, 3.05) is 0 Å². The number of carboxylic acids is 1. The van der Waals surface area contributed by atoms with Gasteiger partial charge in [0.05, 0.1) is 5.56 Å². The number of hydrogen-bond donors (Lipinski definition) is 2. The van der Waals surface area contributed by atoms with Crippen molar-refractivity contribution in [2.45, 2.75) is 122 Å². The molecule has 2 aromatic rings. The molecule has 200 valence electrons. The largest absolute Gasteiger partial charge is 0.478 e. The van der Waals surface area contributed by atoms with Gasteiger partial charge in [-0.1, -0.05) is 128 Å². The summed E-state index contributed by atoms with van der Waals surface area (Å²) in [5.41, 5.74) is 3.29. The zero-order valence-electron chi connectivity index (χ0n) is 22.7. The van der Waals surface area contributed by atoms with Crippen LogP contribution < -0.4 is 10.9 Å². The van der Waals surface area contributed by atoms with Gasteiger partial charge in [0.15, 0.2) is 0 Å². The van der Waals surface area contributed by atoms with Crippen molar-refractivity contribution >= 4 is 5.97 Å². The Balaban J connectivity index is 0.00000456. The van der Waals surface area contributed by atoms with Gasteiger partial charge in [-0.3, -0.25) is 0 Å². The highest BCUT2D eigenvalue weighted by atomic mass is 16.5. The van der Waals surface area contributed by atoms with Crippen LogP contribution in [0.1, 0.15) is 137 Å². The van der Waals surface area contributed by atoms with Gasteiger partial charge in [-0.15, -0.1) is 0 Å². The number of hydrogen-bond acceptors (Lipinski definition) is 3. The first-order chi connectivity index (χ1) is 17.2. The quantitative estimate of drug-likeness (QED) is 0.172. The second kappa shape index (κ2) is 17.2. The molecule has 0 amide bonds. The Bertz CT molecular complexity index is 908. The number of aromatic carboxylic acids is 1. The van der Waals surface area contributed by atoms with Gasteiger partial charge in [-0.25, -0.2) is 4.79 Å². The van der Waals surface area contributed by atoms with E-state index in [2.05, 4.69) is 6.92 Å². The van der Waals surface area contributed by atoms with Gasteiger partial charge >= 0.3 is 5.97 Å². The highest BCUT2D eigenvalue weighted by Crippen LogP contribution is 2.39. The SMILES string of the molecule is CCCCCCCCCCCCCCCCCCc1ccc2c(c1C(=O)O)Cc1ccccc1O2.N. The summed E-state index contributed by atoms with van der Waals surface area (Å²) < 4.78 is 5.99. The van der Waals surface area contributed by atoms with Crippen LogP contribution in [0.5, 0.6) is 11.5 Å². The molecule has 0 aliphatic carbocycles. The van der Waals surface area contributed by atoms with E-state index in [1.54, 1.807) is 0 Å². The minimum atomic E-state index is -0.837. The minimum Gasteiger partial charge on any atom is -0.478 e. The third-order valence-corrected chi connectivity index (χ3v) is 7.43. The standard InChI is InChI=1S/C32H46O3.H3N/c1-2-3-4-5-6-7-8-9-10-11-12-13-14-15-16-17-20-26-23-24-30-28(31(26)32(33)34)25-27-21-18-19-22-29(27)35-30;/h18-19,21-24H,2-17,20,25H2,1H3,(H,33,34);1H3. The molecule has 0 bridgehead atoms. The predicted molar refractivity (Wildman–Crippen MR) is 151 cm³/mol. The maximum Gasteiger partial charge on any atom is 0.336 e. The Kier molecular flexibility index (Phi) is 14.3. The number of benzene rings is 2. The molecule has 4 heteroatoms. The van der Waals surface area contributed by atoms with Crippen LogP contribution in [0.3, 0.4) is 0 Å². The molecule has 2 aromatic carbocycles. The van der Waals surface area contributed by atoms with Crippen molar-refractivity contribution < 1.29 is 14.6 Å². The molecule has 0 atom stereocenters. The highest BCUT2D eigenvalue weighted by Gasteiger charge is 2.24. The second-order valence-electron chi connectivity index (χ2n) is 10.3. The molecule has 1 aliphatic heterocycles. The van der Waals surface area contributed by atoms with E-state index in [1.807, 2.05) is 36.4 Å². The molecule has 1 heterocycles. The Labute approximate surface area is 219 Å². The molecule has 0 radical (unpaired) electrons. The zero-order valence-corrected chi connectivity index (χ0v) is 22.7. The lowest BCUT2D eigenvalue weighted by atomic mass is 9.90. The first-order valence-corrected chi connectivity index (χ1v) is 14.3. The molecule has 4 nitrogen and oxygen atoms in total. The number of fused-ring (bicyclic) bond motifs is 2. The van der Waals surface area contributed by atoms with Crippen LogP contribution in [0.25, 0.3) is 0 Å². The van der Waals surface area contributed by atoms with Gasteiger partial charge in [0.2, 0.25) is 0 Å². The zero-order chi connectivity index (χ0) is 24.7. The highest BCUT2D eigenvalue weighted by molar-refractivity contribution is 5.92. The normalized spacial score (nSPS) is 11.8. The van der Waals surface area contributed by atoms with Crippen LogP contribution in [0.15, 0.2) is 36.4 Å². The fraction of sp³-hybridized carbons (Fsp3) is 0.594. The van der Waals surface area contributed by atoms with Crippen LogP contribution in [0, 0.1) is 0 Å². The van der Waals surface area contributed by atoms with Crippen LogP contribution >= 0.6 is 0 Å². The van der Waals surface area contributed by atoms with Gasteiger partial charge in [0, 0.05) is 12.0 Å². The summed E-state index contributed by atoms with van der Waals surface area (Å²) in [7, 11) is 0. The number of rotatable bonds is 18. The molecule has 4 N–H and O–H groups in total. The van der Waals surface area contributed by atoms with E-state index in [0.717, 1.165) is 35.3 Å². The average Bonchev–Trinajstić information content (AvgIpc) is 2.86. The van der Waals surface area contributed by atoms with Crippen molar-refractivity contribution in [1.29, 1.82) is 0 Å². The fourth-order valence-corrected chi connectivity index (χ4v) is 5.35. The molecule has 0 aromatic heterocycles. The molecule has 0 fully saturated rings. The molecule has 3 rings (SSSR count). The number of unbranched alkanes of at least 4 members (excludes halogenated alkanes) is 15. The van der Waals surface area contributed by atoms with E-state index < -0.39 is 5.97 Å². The number of para-hydroxylation sites is 1. The summed E-state index contributed by atoms with van der Waals surface area (Å²) in [4.78, 5) is 12.1. The fourth-order valence-electron chi connectivity index (χ4n) is 5.35. The summed E-state index contributed by atoms with van der Waals surface area (Å²) in [6.45, 7) is 2.28. The number of carbonyl (C=O) groups is 1. The summed E-state index contributed by atoms with van der Waals surface area (Å²) in [5.74, 6) is 0.690. The first-order valence-electron chi connectivity index (χ1n) is 14.3. The van der Waals surface area contributed by atoms with Crippen molar-refractivity contribution in [1.82, 2.24) is 6.15 Å². The molecule has 0 saturated carbocycles.